The van der Waals surface area contributed by atoms with Gasteiger partial charge in [0.05, 0.1) is 29.3 Å². The van der Waals surface area contributed by atoms with E-state index in [1.807, 2.05) is 0 Å². The molecule has 1 aliphatic rings. The van der Waals surface area contributed by atoms with Crippen LogP contribution in [0.1, 0.15) is 6.42 Å². The van der Waals surface area contributed by atoms with Crippen LogP contribution in [0, 0.1) is 5.92 Å². The molecule has 92 valence electrons. The van der Waals surface area contributed by atoms with Crippen molar-refractivity contribution < 1.29 is 13.2 Å². The Labute approximate surface area is 99.1 Å². The summed E-state index contributed by atoms with van der Waals surface area (Å²) in [6.07, 6.45) is 1.81. The fourth-order valence-electron chi connectivity index (χ4n) is 1.71. The lowest BCUT2D eigenvalue weighted by molar-refractivity contribution is -0.119. The third kappa shape index (κ3) is 2.94. The molecule has 2 rings (SSSR count). The molecule has 0 bridgehead atoms. The van der Waals surface area contributed by atoms with Crippen molar-refractivity contribution >= 4 is 27.2 Å². The van der Waals surface area contributed by atoms with Crippen LogP contribution in [-0.4, -0.2) is 30.8 Å². The highest BCUT2D eigenvalue weighted by atomic mass is 32.2. The average Bonchev–Trinajstić information content (AvgIpc) is 2.62. The van der Waals surface area contributed by atoms with Crippen LogP contribution in [0.4, 0.5) is 11.5 Å². The van der Waals surface area contributed by atoms with Crippen LogP contribution in [-0.2, 0) is 14.6 Å². The topological polar surface area (TPSA) is 102 Å². The molecule has 1 unspecified atom stereocenters. The van der Waals surface area contributed by atoms with E-state index in [2.05, 4.69) is 10.3 Å². The molecular weight excluding hydrogens is 242 g/mol. The van der Waals surface area contributed by atoms with Crippen LogP contribution in [0.15, 0.2) is 18.3 Å². The van der Waals surface area contributed by atoms with Crippen LogP contribution in [0.2, 0.25) is 0 Å². The van der Waals surface area contributed by atoms with Gasteiger partial charge in [0.15, 0.2) is 9.84 Å². The maximum atomic E-state index is 11.7. The number of nitrogens with one attached hydrogen (secondary N) is 1. The van der Waals surface area contributed by atoms with E-state index in [4.69, 9.17) is 5.73 Å². The van der Waals surface area contributed by atoms with Gasteiger partial charge in [0, 0.05) is 0 Å². The summed E-state index contributed by atoms with van der Waals surface area (Å²) in [4.78, 5) is 15.7. The fourth-order valence-corrected chi connectivity index (χ4v) is 3.45. The first-order chi connectivity index (χ1) is 7.96. The summed E-state index contributed by atoms with van der Waals surface area (Å²) < 4.78 is 22.5. The highest BCUT2D eigenvalue weighted by molar-refractivity contribution is 7.91. The number of sulfone groups is 1. The van der Waals surface area contributed by atoms with Gasteiger partial charge in [-0.15, -0.1) is 0 Å². The first kappa shape index (κ1) is 11.8. The Kier molecular flexibility index (Phi) is 3.01. The number of nitrogen functional groups attached to an aromatic ring is 1. The van der Waals surface area contributed by atoms with E-state index in [1.165, 1.54) is 6.20 Å². The van der Waals surface area contributed by atoms with E-state index in [-0.39, 0.29) is 17.4 Å². The number of carbonyl (C=O) groups excluding carboxylic acids is 1. The van der Waals surface area contributed by atoms with Gasteiger partial charge in [0.1, 0.15) is 5.82 Å². The minimum atomic E-state index is -3.04. The van der Waals surface area contributed by atoms with E-state index in [0.717, 1.165) is 0 Å². The Bertz CT molecular complexity index is 524. The van der Waals surface area contributed by atoms with Gasteiger partial charge >= 0.3 is 0 Å². The molecule has 0 saturated carbocycles. The second-order valence-corrected chi connectivity index (χ2v) is 6.29. The molecule has 1 fully saturated rings. The molecule has 0 aromatic carbocycles. The van der Waals surface area contributed by atoms with Gasteiger partial charge in [0.2, 0.25) is 5.91 Å². The van der Waals surface area contributed by atoms with Crippen molar-refractivity contribution in [2.24, 2.45) is 5.92 Å². The van der Waals surface area contributed by atoms with Crippen LogP contribution in [0.3, 0.4) is 0 Å². The molecule has 6 nitrogen and oxygen atoms in total. The molecule has 1 amide bonds. The molecule has 1 aromatic heterocycles. The van der Waals surface area contributed by atoms with Gasteiger partial charge in [0.25, 0.3) is 0 Å². The molecule has 0 spiro atoms. The van der Waals surface area contributed by atoms with Crippen molar-refractivity contribution in [2.75, 3.05) is 22.6 Å². The van der Waals surface area contributed by atoms with Gasteiger partial charge in [-0.25, -0.2) is 13.4 Å². The van der Waals surface area contributed by atoms with Gasteiger partial charge in [-0.1, -0.05) is 0 Å². The first-order valence-corrected chi connectivity index (χ1v) is 7.01. The number of carbonyl (C=O) groups is 1. The van der Waals surface area contributed by atoms with Crippen molar-refractivity contribution in [1.82, 2.24) is 4.98 Å². The summed E-state index contributed by atoms with van der Waals surface area (Å²) in [5.41, 5.74) is 5.97. The normalized spacial score (nSPS) is 22.2. The van der Waals surface area contributed by atoms with Gasteiger partial charge in [-0.3, -0.25) is 4.79 Å². The maximum absolute atomic E-state index is 11.7. The van der Waals surface area contributed by atoms with Crippen LogP contribution in [0.25, 0.3) is 0 Å². The van der Waals surface area contributed by atoms with Crippen LogP contribution < -0.4 is 11.1 Å². The van der Waals surface area contributed by atoms with E-state index in [0.29, 0.717) is 17.9 Å². The van der Waals surface area contributed by atoms with E-state index >= 15 is 0 Å². The predicted octanol–water partition coefficient (Wildman–Crippen LogP) is 0.0370. The number of amides is 1. The predicted molar refractivity (Wildman–Crippen MR) is 64.0 cm³/mol. The number of hydrogen-bond donors (Lipinski definition) is 2. The number of rotatable bonds is 2. The van der Waals surface area contributed by atoms with Crippen molar-refractivity contribution in [1.29, 1.82) is 0 Å². The molecule has 1 aliphatic heterocycles. The van der Waals surface area contributed by atoms with Crippen molar-refractivity contribution in [3.63, 3.8) is 0 Å². The number of anilines is 2. The second-order valence-electron chi connectivity index (χ2n) is 4.07. The van der Waals surface area contributed by atoms with Gasteiger partial charge in [-0.05, 0) is 18.6 Å². The molecule has 7 heteroatoms. The third-order valence-electron chi connectivity index (χ3n) is 2.64. The molecule has 0 aliphatic carbocycles. The van der Waals surface area contributed by atoms with Crippen LogP contribution in [0.5, 0.6) is 0 Å². The SMILES string of the molecule is Nc1ccc(NC(=O)C2CCS(=O)(=O)C2)nc1. The van der Waals surface area contributed by atoms with Gasteiger partial charge < -0.3 is 11.1 Å². The maximum Gasteiger partial charge on any atom is 0.229 e. The zero-order chi connectivity index (χ0) is 12.5. The summed E-state index contributed by atoms with van der Waals surface area (Å²) in [5.74, 6) is -0.384. The monoisotopic (exact) mass is 255 g/mol. The minimum Gasteiger partial charge on any atom is -0.397 e. The lowest BCUT2D eigenvalue weighted by Crippen LogP contribution is -2.24. The molecule has 1 saturated heterocycles. The fraction of sp³-hybridized carbons (Fsp3) is 0.400. The summed E-state index contributed by atoms with van der Waals surface area (Å²) >= 11 is 0. The molecule has 1 aromatic rings. The number of pyridine rings is 1. The molecule has 0 radical (unpaired) electrons. The van der Waals surface area contributed by atoms with E-state index in [9.17, 15) is 13.2 Å². The van der Waals surface area contributed by atoms with E-state index in [1.54, 1.807) is 12.1 Å². The molecular formula is C10H13N3O3S. The summed E-state index contributed by atoms with van der Waals surface area (Å²) in [6, 6.07) is 3.20. The molecule has 1 atom stereocenters. The largest absolute Gasteiger partial charge is 0.397 e. The summed E-state index contributed by atoms with van der Waals surface area (Å²) in [7, 11) is -3.04. The quantitative estimate of drug-likeness (QED) is 0.776. The Hall–Kier alpha value is -1.63. The van der Waals surface area contributed by atoms with Crippen molar-refractivity contribution in [3.05, 3.63) is 18.3 Å². The number of nitrogens with zero attached hydrogens (tertiary/aromatic N) is 1. The molecule has 3 N–H and O–H groups in total. The first-order valence-electron chi connectivity index (χ1n) is 5.19. The Morgan fingerprint density at radius 1 is 1.47 bits per heavy atom. The summed E-state index contributed by atoms with van der Waals surface area (Å²) in [6.45, 7) is 0. The van der Waals surface area contributed by atoms with Gasteiger partial charge in [-0.2, -0.15) is 0 Å². The van der Waals surface area contributed by atoms with Crippen molar-refractivity contribution in [2.45, 2.75) is 6.42 Å². The standard InChI is InChI=1S/C10H13N3O3S/c11-8-1-2-9(12-5-8)13-10(14)7-3-4-17(15,16)6-7/h1-2,5,7H,3-4,6,11H2,(H,12,13,14). The average molecular weight is 255 g/mol. The van der Waals surface area contributed by atoms with Crippen LogP contribution >= 0.6 is 0 Å². The highest BCUT2D eigenvalue weighted by Crippen LogP contribution is 2.20. The third-order valence-corrected chi connectivity index (χ3v) is 4.41. The summed E-state index contributed by atoms with van der Waals surface area (Å²) in [5, 5.41) is 2.58. The molecule has 17 heavy (non-hydrogen) atoms. The number of aromatic nitrogens is 1. The smallest absolute Gasteiger partial charge is 0.229 e. The molecule has 2 heterocycles. The lowest BCUT2D eigenvalue weighted by atomic mass is 10.1. The lowest BCUT2D eigenvalue weighted by Gasteiger charge is -2.08. The second kappa shape index (κ2) is 4.33. The van der Waals surface area contributed by atoms with Crippen molar-refractivity contribution in [3.8, 4) is 0 Å². The highest BCUT2D eigenvalue weighted by Gasteiger charge is 2.32. The number of hydrogen-bond acceptors (Lipinski definition) is 5. The zero-order valence-corrected chi connectivity index (χ0v) is 9.90. The Morgan fingerprint density at radius 3 is 2.76 bits per heavy atom. The zero-order valence-electron chi connectivity index (χ0n) is 9.09. The minimum absolute atomic E-state index is 0.0756. The Balaban J connectivity index is 2.01. The number of nitrogens with two attached hydrogens (primary N) is 1. The Morgan fingerprint density at radius 2 is 2.24 bits per heavy atom. The van der Waals surface area contributed by atoms with E-state index < -0.39 is 15.8 Å².